The Morgan fingerprint density at radius 1 is 1.07 bits per heavy atom. The summed E-state index contributed by atoms with van der Waals surface area (Å²) in [7, 11) is 0. The van der Waals surface area contributed by atoms with Gasteiger partial charge in [-0.25, -0.2) is 4.79 Å². The molecule has 3 aromatic rings. The molecule has 0 fully saturated rings. The minimum Gasteiger partial charge on any atom is -0.441 e. The predicted molar refractivity (Wildman–Crippen MR) is 105 cm³/mol. The Morgan fingerprint density at radius 2 is 1.79 bits per heavy atom. The van der Waals surface area contributed by atoms with Crippen molar-refractivity contribution in [3.63, 3.8) is 0 Å². The van der Waals surface area contributed by atoms with E-state index in [4.69, 9.17) is 9.15 Å². The second kappa shape index (κ2) is 8.39. The summed E-state index contributed by atoms with van der Waals surface area (Å²) in [6.45, 7) is 3.74. The van der Waals surface area contributed by atoms with E-state index in [0.717, 1.165) is 23.3 Å². The van der Waals surface area contributed by atoms with Gasteiger partial charge in [-0.2, -0.15) is 0 Å². The summed E-state index contributed by atoms with van der Waals surface area (Å²) < 4.78 is 10.2. The number of carbonyl (C=O) groups excluding carboxylic acids is 2. The van der Waals surface area contributed by atoms with E-state index in [2.05, 4.69) is 5.32 Å². The first-order valence-electron chi connectivity index (χ1n) is 8.73. The van der Waals surface area contributed by atoms with E-state index >= 15 is 0 Å². The third kappa shape index (κ3) is 4.67. The van der Waals surface area contributed by atoms with E-state index in [-0.39, 0.29) is 5.76 Å². The quantitative estimate of drug-likeness (QED) is 0.378. The number of carbonyl (C=O) groups is 2. The Bertz CT molecular complexity index is 1060. The first-order valence-corrected chi connectivity index (χ1v) is 8.73. The van der Waals surface area contributed by atoms with Crippen molar-refractivity contribution in [1.82, 2.24) is 0 Å². The van der Waals surface area contributed by atoms with Crippen molar-refractivity contribution in [3.8, 4) is 0 Å². The first-order chi connectivity index (χ1) is 13.8. The number of furan rings is 1. The van der Waals surface area contributed by atoms with Crippen molar-refractivity contribution >= 4 is 23.4 Å². The lowest BCUT2D eigenvalue weighted by molar-refractivity contribution is -0.402. The summed E-state index contributed by atoms with van der Waals surface area (Å²) in [4.78, 5) is 35.3. The number of nitro groups is 1. The molecule has 0 saturated heterocycles. The van der Waals surface area contributed by atoms with Crippen molar-refractivity contribution in [3.05, 3.63) is 93.2 Å². The van der Waals surface area contributed by atoms with Gasteiger partial charge >= 0.3 is 11.9 Å². The van der Waals surface area contributed by atoms with Gasteiger partial charge in [0.2, 0.25) is 11.9 Å². The largest absolute Gasteiger partial charge is 0.441 e. The van der Waals surface area contributed by atoms with E-state index in [1.165, 1.54) is 0 Å². The van der Waals surface area contributed by atoms with Gasteiger partial charge in [0.15, 0.2) is 0 Å². The van der Waals surface area contributed by atoms with Gasteiger partial charge in [0.25, 0.3) is 5.91 Å². The monoisotopic (exact) mass is 394 g/mol. The van der Waals surface area contributed by atoms with Crippen molar-refractivity contribution < 1.29 is 23.7 Å². The van der Waals surface area contributed by atoms with Gasteiger partial charge in [-0.3, -0.25) is 14.9 Å². The van der Waals surface area contributed by atoms with Crippen LogP contribution in [0.4, 0.5) is 11.6 Å². The zero-order chi connectivity index (χ0) is 21.0. The highest BCUT2D eigenvalue weighted by molar-refractivity contribution is 5.98. The number of anilines is 1. The number of nitrogens with zero attached hydrogens (tertiary/aromatic N) is 1. The van der Waals surface area contributed by atoms with Crippen molar-refractivity contribution in [1.29, 1.82) is 0 Å². The Labute approximate surface area is 166 Å². The highest BCUT2D eigenvalue weighted by Crippen LogP contribution is 2.25. The summed E-state index contributed by atoms with van der Waals surface area (Å²) in [6.07, 6.45) is -1.27. The molecule has 0 spiro atoms. The minimum absolute atomic E-state index is 0.364. The van der Waals surface area contributed by atoms with Gasteiger partial charge in [0, 0.05) is 11.3 Å². The number of amides is 1. The van der Waals surface area contributed by atoms with E-state index < -0.39 is 28.8 Å². The van der Waals surface area contributed by atoms with Gasteiger partial charge in [-0.15, -0.1) is 0 Å². The molecule has 0 aliphatic rings. The van der Waals surface area contributed by atoms with E-state index in [9.17, 15) is 19.7 Å². The van der Waals surface area contributed by atoms with Crippen LogP contribution in [0.5, 0.6) is 0 Å². The fourth-order valence-electron chi connectivity index (χ4n) is 2.67. The number of aryl methyl sites for hydroxylation is 2. The summed E-state index contributed by atoms with van der Waals surface area (Å²) in [5.74, 6) is -2.49. The molecule has 148 valence electrons. The number of ether oxygens (including phenoxy) is 1. The summed E-state index contributed by atoms with van der Waals surface area (Å²) in [5.41, 5.74) is 2.86. The maximum Gasteiger partial charge on any atom is 0.433 e. The minimum atomic E-state index is -1.27. The van der Waals surface area contributed by atoms with Crippen molar-refractivity contribution in [2.45, 2.75) is 20.0 Å². The van der Waals surface area contributed by atoms with Crippen LogP contribution in [-0.4, -0.2) is 16.8 Å². The van der Waals surface area contributed by atoms with Crippen LogP contribution in [-0.2, 0) is 9.53 Å². The molecule has 3 rings (SSSR count). The third-order valence-corrected chi connectivity index (χ3v) is 4.19. The molecule has 0 unspecified atom stereocenters. The van der Waals surface area contributed by atoms with Crippen LogP contribution in [0.25, 0.3) is 0 Å². The Balaban J connectivity index is 1.86. The Kier molecular flexibility index (Phi) is 5.73. The van der Waals surface area contributed by atoms with Gasteiger partial charge in [-0.1, -0.05) is 42.5 Å². The van der Waals surface area contributed by atoms with Gasteiger partial charge < -0.3 is 14.5 Å². The number of nitrogens with one attached hydrogen (secondary N) is 1. The lowest BCUT2D eigenvalue weighted by Crippen LogP contribution is -2.26. The zero-order valence-corrected chi connectivity index (χ0v) is 15.7. The Morgan fingerprint density at radius 3 is 2.45 bits per heavy atom. The summed E-state index contributed by atoms with van der Waals surface area (Å²) >= 11 is 0. The molecule has 2 aromatic carbocycles. The highest BCUT2D eigenvalue weighted by atomic mass is 16.7. The molecule has 8 heteroatoms. The molecule has 1 amide bonds. The molecule has 0 saturated carbocycles. The lowest BCUT2D eigenvalue weighted by Gasteiger charge is -2.18. The second-order valence-corrected chi connectivity index (χ2v) is 6.40. The van der Waals surface area contributed by atoms with Crippen LogP contribution in [0.15, 0.2) is 65.1 Å². The molecule has 8 nitrogen and oxygen atoms in total. The van der Waals surface area contributed by atoms with Crippen LogP contribution in [0, 0.1) is 24.0 Å². The number of esters is 1. The van der Waals surface area contributed by atoms with Crippen molar-refractivity contribution in [2.24, 2.45) is 0 Å². The molecular formula is C21H18N2O6. The molecule has 1 atom stereocenters. The fourth-order valence-corrected chi connectivity index (χ4v) is 2.67. The highest BCUT2D eigenvalue weighted by Gasteiger charge is 2.28. The van der Waals surface area contributed by atoms with Crippen LogP contribution in [0.1, 0.15) is 33.3 Å². The second-order valence-electron chi connectivity index (χ2n) is 6.40. The standard InChI is InChI=1S/C21H18N2O6/c1-13-8-9-14(2)16(12-13)22-20(24)19(15-6-4-3-5-7-15)29-21(25)17-10-11-18(28-17)23(26)27/h3-12,19H,1-2H3,(H,22,24)/t19-/m1/s1. The maximum absolute atomic E-state index is 12.9. The third-order valence-electron chi connectivity index (χ3n) is 4.19. The van der Waals surface area contributed by atoms with Gasteiger partial charge in [-0.05, 0) is 37.1 Å². The van der Waals surface area contributed by atoms with Crippen LogP contribution >= 0.6 is 0 Å². The molecule has 0 bridgehead atoms. The maximum atomic E-state index is 12.9. The lowest BCUT2D eigenvalue weighted by atomic mass is 10.1. The molecule has 0 aliphatic heterocycles. The number of hydrogen-bond donors (Lipinski definition) is 1. The zero-order valence-electron chi connectivity index (χ0n) is 15.7. The SMILES string of the molecule is Cc1ccc(C)c(NC(=O)[C@H](OC(=O)c2ccc([N+](=O)[O-])o2)c2ccccc2)c1. The fraction of sp³-hybridized carbons (Fsp3) is 0.143. The molecule has 0 radical (unpaired) electrons. The van der Waals surface area contributed by atoms with Crippen LogP contribution < -0.4 is 5.32 Å². The van der Waals surface area contributed by atoms with E-state index in [1.807, 2.05) is 32.0 Å². The molecule has 1 heterocycles. The number of benzene rings is 2. The normalized spacial score (nSPS) is 11.5. The number of rotatable bonds is 6. The van der Waals surface area contributed by atoms with Crippen LogP contribution in [0.3, 0.4) is 0 Å². The van der Waals surface area contributed by atoms with Gasteiger partial charge in [0.1, 0.15) is 4.92 Å². The molecule has 29 heavy (non-hydrogen) atoms. The first kappa shape index (κ1) is 19.8. The molecule has 1 N–H and O–H groups in total. The van der Waals surface area contributed by atoms with E-state index in [1.54, 1.807) is 30.3 Å². The van der Waals surface area contributed by atoms with Crippen LogP contribution in [0.2, 0.25) is 0 Å². The van der Waals surface area contributed by atoms with E-state index in [0.29, 0.717) is 11.3 Å². The van der Waals surface area contributed by atoms with Gasteiger partial charge in [0.05, 0.1) is 6.07 Å². The number of hydrogen-bond acceptors (Lipinski definition) is 6. The topological polar surface area (TPSA) is 112 Å². The van der Waals surface area contributed by atoms with Crippen molar-refractivity contribution in [2.75, 3.05) is 5.32 Å². The summed E-state index contributed by atoms with van der Waals surface area (Å²) in [6, 6.07) is 16.2. The average molecular weight is 394 g/mol. The Hall–Kier alpha value is -3.94. The summed E-state index contributed by atoms with van der Waals surface area (Å²) in [5, 5.41) is 13.5. The molecular weight excluding hydrogens is 376 g/mol. The smallest absolute Gasteiger partial charge is 0.433 e. The predicted octanol–water partition coefficient (Wildman–Crippen LogP) is 4.34. The molecule has 1 aromatic heterocycles. The molecule has 0 aliphatic carbocycles. The average Bonchev–Trinajstić information content (AvgIpc) is 3.20.